The van der Waals surface area contributed by atoms with Gasteiger partial charge < -0.3 is 41.4 Å². The number of rotatable bonds is 7. The highest BCUT2D eigenvalue weighted by atomic mass is 35.5. The number of furan rings is 1. The fourth-order valence-corrected chi connectivity index (χ4v) is 4.29. The lowest BCUT2D eigenvalue weighted by atomic mass is 10.1. The molecule has 0 unspecified atom stereocenters. The third kappa shape index (κ3) is 5.55. The molecule has 9 nitrogen and oxygen atoms in total. The van der Waals surface area contributed by atoms with Crippen molar-refractivity contribution in [1.82, 2.24) is 14.8 Å². The van der Waals surface area contributed by atoms with Crippen LogP contribution in [0.5, 0.6) is 0 Å². The first-order valence-electron chi connectivity index (χ1n) is 11.8. The number of hydrogen-bond donors (Lipinski definition) is 2. The number of fused-ring (bicyclic) bond motifs is 1. The number of quaternary nitrogens is 1. The zero-order valence-corrected chi connectivity index (χ0v) is 21.4. The van der Waals surface area contributed by atoms with Gasteiger partial charge >= 0.3 is 0 Å². The van der Waals surface area contributed by atoms with Gasteiger partial charge in [0.1, 0.15) is 11.4 Å². The Morgan fingerprint density at radius 1 is 1.17 bits per heavy atom. The van der Waals surface area contributed by atoms with E-state index >= 15 is 4.39 Å². The molecule has 3 heterocycles. The lowest BCUT2D eigenvalue weighted by Crippen LogP contribution is -3.06. The van der Waals surface area contributed by atoms with Gasteiger partial charge in [0, 0.05) is 44.3 Å². The van der Waals surface area contributed by atoms with E-state index in [0.29, 0.717) is 50.5 Å². The molecule has 3 aromatic rings. The average molecular weight is 520 g/mol. The normalized spacial score (nSPS) is 13.7. The van der Waals surface area contributed by atoms with Gasteiger partial charge in [-0.3, -0.25) is 14.4 Å². The minimum absolute atomic E-state index is 0. The largest absolute Gasteiger partial charge is 1.00 e. The molecular formula is C25H31ClFN5O4. The summed E-state index contributed by atoms with van der Waals surface area (Å²) in [5, 5.41) is 2.95. The van der Waals surface area contributed by atoms with Crippen LogP contribution in [-0.2, 0) is 6.54 Å². The SMILES string of the molecule is CCn1cc(C(=O)NCC[NH+](C)C)c(=O)c2cc(F)c(N3CCN(C(=O)c4ccco4)CC3)cc21.[Cl-]. The molecule has 1 saturated heterocycles. The second kappa shape index (κ2) is 11.6. The number of anilines is 1. The molecule has 0 radical (unpaired) electrons. The van der Waals surface area contributed by atoms with Crippen LogP contribution in [0.4, 0.5) is 10.1 Å². The zero-order valence-electron chi connectivity index (χ0n) is 20.6. The van der Waals surface area contributed by atoms with Gasteiger partial charge in [-0.1, -0.05) is 0 Å². The molecule has 0 spiro atoms. The predicted octanol–water partition coefficient (Wildman–Crippen LogP) is -2.41. The Kier molecular flexibility index (Phi) is 8.75. The first kappa shape index (κ1) is 27.2. The van der Waals surface area contributed by atoms with Gasteiger partial charge in [0.05, 0.1) is 44.7 Å². The summed E-state index contributed by atoms with van der Waals surface area (Å²) < 4.78 is 22.2. The first-order valence-corrected chi connectivity index (χ1v) is 11.8. The molecule has 1 aliphatic heterocycles. The van der Waals surface area contributed by atoms with Crippen molar-refractivity contribution in [2.45, 2.75) is 13.5 Å². The monoisotopic (exact) mass is 519 g/mol. The third-order valence-corrected chi connectivity index (χ3v) is 6.28. The smallest absolute Gasteiger partial charge is 0.289 e. The molecule has 2 aromatic heterocycles. The number of aromatic nitrogens is 1. The summed E-state index contributed by atoms with van der Waals surface area (Å²) in [6.45, 7) is 5.31. The topological polar surface area (TPSA) is 92.2 Å². The van der Waals surface area contributed by atoms with Crippen molar-refractivity contribution in [2.24, 2.45) is 0 Å². The molecule has 0 aliphatic carbocycles. The number of nitrogens with zero attached hydrogens (tertiary/aromatic N) is 3. The summed E-state index contributed by atoms with van der Waals surface area (Å²) in [6.07, 6.45) is 3.01. The summed E-state index contributed by atoms with van der Waals surface area (Å²) in [5.41, 5.74) is 0.455. The predicted molar refractivity (Wildman–Crippen MR) is 131 cm³/mol. The van der Waals surface area contributed by atoms with E-state index in [9.17, 15) is 14.4 Å². The van der Waals surface area contributed by atoms with Crippen molar-refractivity contribution in [3.8, 4) is 0 Å². The highest BCUT2D eigenvalue weighted by molar-refractivity contribution is 5.98. The molecule has 2 N–H and O–H groups in total. The lowest BCUT2D eigenvalue weighted by molar-refractivity contribution is -0.856. The second-order valence-electron chi connectivity index (χ2n) is 8.95. The van der Waals surface area contributed by atoms with E-state index in [1.54, 1.807) is 33.9 Å². The number of benzene rings is 1. The van der Waals surface area contributed by atoms with E-state index in [1.807, 2.05) is 25.9 Å². The summed E-state index contributed by atoms with van der Waals surface area (Å²) in [6, 6.07) is 6.18. The van der Waals surface area contributed by atoms with Gasteiger partial charge in [-0.25, -0.2) is 4.39 Å². The Hall–Kier alpha value is -3.37. The molecule has 4 rings (SSSR count). The van der Waals surface area contributed by atoms with E-state index in [2.05, 4.69) is 5.32 Å². The standard InChI is InChI=1S/C25H30FN5O4.ClH/c1-4-29-16-18(24(33)27-7-8-28(2)3)23(32)17-14-19(26)21(15-20(17)29)30-9-11-31(12-10-30)25(34)22-6-5-13-35-22;/h5-6,13-16H,4,7-12H2,1-3H3,(H,27,33);1H. The van der Waals surface area contributed by atoms with Gasteiger partial charge in [-0.2, -0.15) is 0 Å². The van der Waals surface area contributed by atoms with Crippen molar-refractivity contribution >= 4 is 28.4 Å². The molecule has 0 saturated carbocycles. The van der Waals surface area contributed by atoms with Gasteiger partial charge in [0.15, 0.2) is 5.76 Å². The van der Waals surface area contributed by atoms with Crippen LogP contribution in [0, 0.1) is 5.82 Å². The number of halogens is 2. The number of amides is 2. The number of pyridine rings is 1. The molecule has 0 atom stereocenters. The zero-order chi connectivity index (χ0) is 25.1. The maximum absolute atomic E-state index is 15.2. The molecule has 1 aliphatic rings. The fourth-order valence-electron chi connectivity index (χ4n) is 4.29. The summed E-state index contributed by atoms with van der Waals surface area (Å²) >= 11 is 0. The number of aryl methyl sites for hydroxylation is 1. The van der Waals surface area contributed by atoms with Crippen LogP contribution in [0.25, 0.3) is 10.9 Å². The molecule has 0 bridgehead atoms. The van der Waals surface area contributed by atoms with Crippen LogP contribution in [0.1, 0.15) is 27.8 Å². The van der Waals surface area contributed by atoms with Crippen LogP contribution < -0.4 is 33.0 Å². The number of likely N-dealkylation sites (N-methyl/N-ethyl adjacent to an activating group) is 1. The minimum Gasteiger partial charge on any atom is -1.00 e. The molecular weight excluding hydrogens is 489 g/mol. The molecule has 36 heavy (non-hydrogen) atoms. The number of carbonyl (C=O) groups excluding carboxylic acids is 2. The first-order chi connectivity index (χ1) is 16.8. The molecule has 1 fully saturated rings. The van der Waals surface area contributed by atoms with E-state index < -0.39 is 17.2 Å². The van der Waals surface area contributed by atoms with Crippen LogP contribution in [0.3, 0.4) is 0 Å². The Labute approximate surface area is 214 Å². The quantitative estimate of drug-likeness (QED) is 0.363. The molecule has 2 amide bonds. The highest BCUT2D eigenvalue weighted by Crippen LogP contribution is 2.26. The van der Waals surface area contributed by atoms with Crippen LogP contribution in [-0.4, -0.2) is 74.6 Å². The van der Waals surface area contributed by atoms with Crippen molar-refractivity contribution < 1.29 is 35.7 Å². The fraction of sp³-hybridized carbons (Fsp3) is 0.400. The van der Waals surface area contributed by atoms with E-state index in [1.165, 1.54) is 17.2 Å². The highest BCUT2D eigenvalue weighted by Gasteiger charge is 2.26. The van der Waals surface area contributed by atoms with Crippen molar-refractivity contribution in [2.75, 3.05) is 58.3 Å². The number of carbonyl (C=O) groups is 2. The average Bonchev–Trinajstić information content (AvgIpc) is 3.39. The van der Waals surface area contributed by atoms with Crippen LogP contribution in [0.15, 0.2) is 45.9 Å². The van der Waals surface area contributed by atoms with Crippen molar-refractivity contribution in [3.63, 3.8) is 0 Å². The van der Waals surface area contributed by atoms with Gasteiger partial charge in [-0.05, 0) is 31.2 Å². The summed E-state index contributed by atoms with van der Waals surface area (Å²) in [4.78, 5) is 43.0. The van der Waals surface area contributed by atoms with Gasteiger partial charge in [-0.15, -0.1) is 0 Å². The van der Waals surface area contributed by atoms with Gasteiger partial charge in [0.25, 0.3) is 11.8 Å². The molecule has 11 heteroatoms. The Balaban J connectivity index is 0.00000361. The summed E-state index contributed by atoms with van der Waals surface area (Å²) in [7, 11) is 3.95. The van der Waals surface area contributed by atoms with Crippen LogP contribution >= 0.6 is 0 Å². The van der Waals surface area contributed by atoms with Crippen LogP contribution in [0.2, 0.25) is 0 Å². The number of nitrogens with one attached hydrogen (secondary N) is 2. The second-order valence-corrected chi connectivity index (χ2v) is 8.95. The molecule has 194 valence electrons. The van der Waals surface area contributed by atoms with Crippen molar-refractivity contribution in [3.05, 3.63) is 64.1 Å². The number of piperazine rings is 1. The third-order valence-electron chi connectivity index (χ3n) is 6.28. The Morgan fingerprint density at radius 3 is 2.50 bits per heavy atom. The van der Waals surface area contributed by atoms with E-state index in [4.69, 9.17) is 4.42 Å². The maximum atomic E-state index is 15.2. The minimum atomic E-state index is -0.531. The Morgan fingerprint density at radius 2 is 1.89 bits per heavy atom. The molecule has 1 aromatic carbocycles. The van der Waals surface area contributed by atoms with E-state index in [0.717, 1.165) is 6.54 Å². The lowest BCUT2D eigenvalue weighted by Gasteiger charge is -2.36. The number of hydrogen-bond acceptors (Lipinski definition) is 5. The van der Waals surface area contributed by atoms with E-state index in [-0.39, 0.29) is 35.0 Å². The maximum Gasteiger partial charge on any atom is 0.289 e. The summed E-state index contributed by atoms with van der Waals surface area (Å²) in [5.74, 6) is -0.893. The van der Waals surface area contributed by atoms with Crippen molar-refractivity contribution in [1.29, 1.82) is 0 Å². The Bertz CT molecular complexity index is 1280. The van der Waals surface area contributed by atoms with Gasteiger partial charge in [0.2, 0.25) is 5.43 Å².